The van der Waals surface area contributed by atoms with Gasteiger partial charge < -0.3 is 5.32 Å². The third-order valence-corrected chi connectivity index (χ3v) is 6.39. The lowest BCUT2D eigenvalue weighted by Crippen LogP contribution is -2.55. The van der Waals surface area contributed by atoms with Gasteiger partial charge in [0.15, 0.2) is 0 Å². The fourth-order valence-corrected chi connectivity index (χ4v) is 4.55. The molecule has 176 valence electrons. The number of hydrazine groups is 1. The maximum absolute atomic E-state index is 13.8. The quantitative estimate of drug-likeness (QED) is 0.521. The molecule has 0 fully saturated rings. The van der Waals surface area contributed by atoms with Crippen LogP contribution in [-0.4, -0.2) is 36.0 Å². The van der Waals surface area contributed by atoms with E-state index in [2.05, 4.69) is 5.32 Å². The highest BCUT2D eigenvalue weighted by Gasteiger charge is 2.33. The number of hydrogen-bond donors (Lipinski definition) is 1. The number of nitrogens with one attached hydrogen (secondary N) is 1. The zero-order chi connectivity index (χ0) is 24.2. The minimum Gasteiger partial charge on any atom is -0.340 e. The molecule has 4 rings (SSSR count). The molecular weight excluding hydrogens is 453 g/mol. The summed E-state index contributed by atoms with van der Waals surface area (Å²) in [5.41, 5.74) is 3.88. The van der Waals surface area contributed by atoms with Crippen LogP contribution in [0.15, 0.2) is 66.7 Å². The maximum Gasteiger partial charge on any atom is 0.263 e. The van der Waals surface area contributed by atoms with Crippen molar-refractivity contribution in [2.75, 3.05) is 18.1 Å². The number of fused-ring (bicyclic) bond motifs is 1. The lowest BCUT2D eigenvalue weighted by atomic mass is 10.0. The molecule has 7 heteroatoms. The minimum atomic E-state index is -0.836. The van der Waals surface area contributed by atoms with Gasteiger partial charge in [-0.05, 0) is 67.8 Å². The minimum absolute atomic E-state index is 0.247. The first kappa shape index (κ1) is 23.8. The Labute approximate surface area is 204 Å². The molecule has 0 aromatic heterocycles. The van der Waals surface area contributed by atoms with Crippen LogP contribution in [-0.2, 0) is 17.6 Å². The average Bonchev–Trinajstić information content (AvgIpc) is 3.23. The van der Waals surface area contributed by atoms with Gasteiger partial charge in [0.1, 0.15) is 11.9 Å². The number of amides is 2. The Hall–Kier alpha value is -3.38. The van der Waals surface area contributed by atoms with E-state index in [4.69, 9.17) is 11.6 Å². The zero-order valence-electron chi connectivity index (χ0n) is 19.2. The number of halogens is 2. The van der Waals surface area contributed by atoms with Gasteiger partial charge in [0, 0.05) is 30.1 Å². The van der Waals surface area contributed by atoms with E-state index >= 15 is 0 Å². The number of rotatable bonds is 7. The number of hydrogen-bond acceptors (Lipinski definition) is 3. The fraction of sp³-hybridized carbons (Fsp3) is 0.259. The first-order valence-electron chi connectivity index (χ1n) is 11.4. The number of likely N-dealkylation sites (N-methyl/N-ethyl adjacent to an activating group) is 1. The summed E-state index contributed by atoms with van der Waals surface area (Å²) in [6.07, 6.45) is 0.887. The molecule has 5 nitrogen and oxygen atoms in total. The summed E-state index contributed by atoms with van der Waals surface area (Å²) >= 11 is 6.39. The molecule has 0 radical (unpaired) electrons. The summed E-state index contributed by atoms with van der Waals surface area (Å²) < 4.78 is 13.7. The largest absolute Gasteiger partial charge is 0.340 e. The molecule has 1 aliphatic heterocycles. The van der Waals surface area contributed by atoms with Crippen LogP contribution in [0.4, 0.5) is 10.1 Å². The molecule has 0 saturated carbocycles. The van der Waals surface area contributed by atoms with Crippen molar-refractivity contribution in [2.45, 2.75) is 32.7 Å². The molecule has 1 aliphatic rings. The molecule has 34 heavy (non-hydrogen) atoms. The van der Waals surface area contributed by atoms with Crippen LogP contribution in [0.3, 0.4) is 0 Å². The number of aryl methyl sites for hydroxylation is 1. The highest BCUT2D eigenvalue weighted by Crippen LogP contribution is 2.30. The molecule has 0 bridgehead atoms. The number of anilines is 1. The van der Waals surface area contributed by atoms with Gasteiger partial charge in [0.25, 0.3) is 11.8 Å². The molecule has 0 aliphatic carbocycles. The van der Waals surface area contributed by atoms with E-state index < -0.39 is 6.04 Å². The third-order valence-electron chi connectivity index (χ3n) is 6.02. The molecule has 1 atom stereocenters. The standard InChI is InChI=1S/C27H27ClFN3O2/c1-3-31(32-14-13-20-16-22(29)11-12-25(20)32)27(34)24(17-19-8-4-5-10-23(19)28)30-26(33)21-9-6-7-18(2)15-21/h4-12,15-16,24H,3,13-14,17H2,1-2H3,(H,30,33). The highest BCUT2D eigenvalue weighted by atomic mass is 35.5. The summed E-state index contributed by atoms with van der Waals surface area (Å²) in [7, 11) is 0. The van der Waals surface area contributed by atoms with Gasteiger partial charge in [-0.1, -0.05) is 47.5 Å². The van der Waals surface area contributed by atoms with E-state index in [0.717, 1.165) is 22.4 Å². The second-order valence-corrected chi connectivity index (χ2v) is 8.80. The summed E-state index contributed by atoms with van der Waals surface area (Å²) in [5.74, 6) is -0.869. The van der Waals surface area contributed by atoms with Crippen LogP contribution in [0, 0.1) is 12.7 Å². The SMILES string of the molecule is CCN(C(=O)C(Cc1ccccc1Cl)NC(=O)c1cccc(C)c1)N1CCc2cc(F)ccc21. The Balaban J connectivity index is 1.63. The summed E-state index contributed by atoms with van der Waals surface area (Å²) in [6, 6.07) is 18.3. The van der Waals surface area contributed by atoms with E-state index in [9.17, 15) is 14.0 Å². The van der Waals surface area contributed by atoms with Crippen molar-refractivity contribution in [1.82, 2.24) is 10.3 Å². The molecule has 3 aromatic rings. The predicted molar refractivity (Wildman–Crippen MR) is 132 cm³/mol. The van der Waals surface area contributed by atoms with E-state index in [-0.39, 0.29) is 24.1 Å². The van der Waals surface area contributed by atoms with Crippen LogP contribution in [0.5, 0.6) is 0 Å². The Morgan fingerprint density at radius 3 is 2.65 bits per heavy atom. The molecule has 1 unspecified atom stereocenters. The molecule has 0 spiro atoms. The van der Waals surface area contributed by atoms with Crippen molar-refractivity contribution in [3.63, 3.8) is 0 Å². The molecular formula is C27H27ClFN3O2. The van der Waals surface area contributed by atoms with Gasteiger partial charge in [-0.15, -0.1) is 0 Å². The Bertz CT molecular complexity index is 1220. The smallest absolute Gasteiger partial charge is 0.263 e. The second-order valence-electron chi connectivity index (χ2n) is 8.39. The van der Waals surface area contributed by atoms with Gasteiger partial charge in [-0.25, -0.2) is 4.39 Å². The van der Waals surface area contributed by atoms with Crippen molar-refractivity contribution in [3.05, 3.63) is 99.8 Å². The van der Waals surface area contributed by atoms with Crippen LogP contribution >= 0.6 is 11.6 Å². The topological polar surface area (TPSA) is 52.7 Å². The Morgan fingerprint density at radius 2 is 1.91 bits per heavy atom. The number of carbonyl (C=O) groups is 2. The first-order valence-corrected chi connectivity index (χ1v) is 11.7. The molecule has 1 heterocycles. The second kappa shape index (κ2) is 10.3. The van der Waals surface area contributed by atoms with Crippen molar-refractivity contribution < 1.29 is 14.0 Å². The van der Waals surface area contributed by atoms with Gasteiger partial charge in [0.05, 0.1) is 5.69 Å². The third kappa shape index (κ3) is 5.07. The number of carbonyl (C=O) groups excluding carboxylic acids is 2. The van der Waals surface area contributed by atoms with Crippen LogP contribution in [0.25, 0.3) is 0 Å². The summed E-state index contributed by atoms with van der Waals surface area (Å²) in [5, 5.41) is 6.97. The Morgan fingerprint density at radius 1 is 1.12 bits per heavy atom. The van der Waals surface area contributed by atoms with E-state index in [1.54, 1.807) is 29.3 Å². The van der Waals surface area contributed by atoms with Crippen molar-refractivity contribution in [2.24, 2.45) is 0 Å². The van der Waals surface area contributed by atoms with Crippen LogP contribution in [0.2, 0.25) is 5.02 Å². The lowest BCUT2D eigenvalue weighted by Gasteiger charge is -2.35. The molecule has 1 N–H and O–H groups in total. The van der Waals surface area contributed by atoms with Crippen LogP contribution in [0.1, 0.15) is 34.0 Å². The molecule has 2 amide bonds. The van der Waals surface area contributed by atoms with E-state index in [1.165, 1.54) is 12.1 Å². The zero-order valence-corrected chi connectivity index (χ0v) is 20.0. The summed E-state index contributed by atoms with van der Waals surface area (Å²) in [4.78, 5) is 26.9. The normalized spacial score (nSPS) is 13.4. The number of nitrogens with zero attached hydrogens (tertiary/aromatic N) is 2. The van der Waals surface area contributed by atoms with Crippen LogP contribution < -0.4 is 10.3 Å². The van der Waals surface area contributed by atoms with Crippen molar-refractivity contribution in [1.29, 1.82) is 0 Å². The van der Waals surface area contributed by atoms with Gasteiger partial charge in [0.2, 0.25) is 0 Å². The number of benzene rings is 3. The molecule has 3 aromatic carbocycles. The average molecular weight is 480 g/mol. The van der Waals surface area contributed by atoms with Crippen molar-refractivity contribution in [3.8, 4) is 0 Å². The van der Waals surface area contributed by atoms with Gasteiger partial charge in [-0.2, -0.15) is 0 Å². The lowest BCUT2D eigenvalue weighted by molar-refractivity contribution is -0.133. The maximum atomic E-state index is 13.8. The van der Waals surface area contributed by atoms with E-state index in [1.807, 2.05) is 49.2 Å². The van der Waals surface area contributed by atoms with E-state index in [0.29, 0.717) is 30.1 Å². The van der Waals surface area contributed by atoms with Crippen molar-refractivity contribution >= 4 is 29.1 Å². The predicted octanol–water partition coefficient (Wildman–Crippen LogP) is 4.95. The highest BCUT2D eigenvalue weighted by molar-refractivity contribution is 6.31. The fourth-order valence-electron chi connectivity index (χ4n) is 4.34. The monoisotopic (exact) mass is 479 g/mol. The van der Waals surface area contributed by atoms with Gasteiger partial charge in [-0.3, -0.25) is 19.6 Å². The first-order chi connectivity index (χ1) is 16.4. The molecule has 0 saturated heterocycles. The Kier molecular flexibility index (Phi) is 7.17. The summed E-state index contributed by atoms with van der Waals surface area (Å²) in [6.45, 7) is 4.75. The van der Waals surface area contributed by atoms with Gasteiger partial charge >= 0.3 is 0 Å².